The van der Waals surface area contributed by atoms with Gasteiger partial charge in [0.05, 0.1) is 6.20 Å². The number of aromatic nitrogens is 3. The lowest BCUT2D eigenvalue weighted by Gasteiger charge is -2.21. The highest BCUT2D eigenvalue weighted by Gasteiger charge is 2.15. The summed E-state index contributed by atoms with van der Waals surface area (Å²) in [6, 6.07) is 0. The van der Waals surface area contributed by atoms with E-state index in [1.54, 1.807) is 6.20 Å². The topological polar surface area (TPSA) is 80.3 Å². The van der Waals surface area contributed by atoms with Gasteiger partial charge in [0, 0.05) is 41.4 Å². The number of nitrogens with one attached hydrogen (secondary N) is 2. The van der Waals surface area contributed by atoms with E-state index in [9.17, 15) is 0 Å². The Morgan fingerprint density at radius 3 is 3.21 bits per heavy atom. The summed E-state index contributed by atoms with van der Waals surface area (Å²) in [5.74, 6) is 10.5. The molecule has 1 aliphatic heterocycles. The highest BCUT2D eigenvalue weighted by atomic mass is 32.2. The lowest BCUT2D eigenvalue weighted by Crippen LogP contribution is -2.24. The Morgan fingerprint density at radius 1 is 1.47 bits per heavy atom. The largest absolute Gasteiger partial charge is 0.366 e. The van der Waals surface area contributed by atoms with Gasteiger partial charge in [-0.2, -0.15) is 23.5 Å². The molecule has 0 radical (unpaired) electrons. The van der Waals surface area contributed by atoms with Crippen molar-refractivity contribution in [2.45, 2.75) is 5.25 Å². The van der Waals surface area contributed by atoms with Crippen LogP contribution in [-0.2, 0) is 0 Å². The van der Waals surface area contributed by atoms with Gasteiger partial charge in [-0.3, -0.25) is 0 Å². The third kappa shape index (κ3) is 2.90. The fraction of sp³-hybridized carbons (Fsp3) is 0.455. The van der Waals surface area contributed by atoms with Crippen molar-refractivity contribution in [2.75, 3.05) is 34.5 Å². The van der Waals surface area contributed by atoms with Crippen LogP contribution < -0.4 is 16.6 Å². The van der Waals surface area contributed by atoms with Crippen molar-refractivity contribution < 1.29 is 0 Å². The first-order chi connectivity index (χ1) is 9.36. The van der Waals surface area contributed by atoms with E-state index < -0.39 is 0 Å². The molecule has 0 aromatic carbocycles. The van der Waals surface area contributed by atoms with E-state index >= 15 is 0 Å². The molecule has 2 aromatic heterocycles. The molecule has 0 spiro atoms. The van der Waals surface area contributed by atoms with Crippen LogP contribution in [0.1, 0.15) is 0 Å². The monoisotopic (exact) mass is 296 g/mol. The summed E-state index contributed by atoms with van der Waals surface area (Å²) in [5.41, 5.74) is 3.40. The van der Waals surface area contributed by atoms with Crippen LogP contribution in [-0.4, -0.2) is 43.4 Å². The number of imidazole rings is 1. The molecule has 8 heteroatoms. The molecule has 3 rings (SSSR count). The summed E-state index contributed by atoms with van der Waals surface area (Å²) in [6.45, 7) is 0.904. The van der Waals surface area contributed by atoms with Crippen molar-refractivity contribution in [3.8, 4) is 0 Å². The normalized spacial score (nSPS) is 19.5. The number of nitrogens with zero attached hydrogens (tertiary/aromatic N) is 3. The molecule has 1 fully saturated rings. The second-order valence-corrected chi connectivity index (χ2v) is 6.78. The molecule has 0 bridgehead atoms. The van der Waals surface area contributed by atoms with E-state index in [1.807, 2.05) is 40.3 Å². The van der Waals surface area contributed by atoms with Crippen LogP contribution in [0.2, 0.25) is 0 Å². The molecular weight excluding hydrogens is 280 g/mol. The summed E-state index contributed by atoms with van der Waals surface area (Å²) in [6.07, 6.45) is 5.46. The summed E-state index contributed by atoms with van der Waals surface area (Å²) in [7, 11) is 0. The fourth-order valence-corrected chi connectivity index (χ4v) is 4.60. The van der Waals surface area contributed by atoms with Gasteiger partial charge in [0.2, 0.25) is 0 Å². The quantitative estimate of drug-likeness (QED) is 0.579. The van der Waals surface area contributed by atoms with E-state index in [2.05, 4.69) is 20.7 Å². The second kappa shape index (κ2) is 5.89. The van der Waals surface area contributed by atoms with Crippen LogP contribution in [0, 0.1) is 0 Å². The Labute approximate surface area is 119 Å². The average molecular weight is 296 g/mol. The van der Waals surface area contributed by atoms with Crippen LogP contribution in [0.3, 0.4) is 0 Å². The molecule has 1 aliphatic rings. The highest BCUT2D eigenvalue weighted by molar-refractivity contribution is 8.06. The molecule has 0 saturated carbocycles. The van der Waals surface area contributed by atoms with Gasteiger partial charge >= 0.3 is 0 Å². The molecule has 2 aromatic rings. The van der Waals surface area contributed by atoms with E-state index in [0.717, 1.165) is 18.0 Å². The first-order valence-electron chi connectivity index (χ1n) is 6.10. The zero-order valence-corrected chi connectivity index (χ0v) is 12.0. The Bertz CT molecular complexity index is 551. The summed E-state index contributed by atoms with van der Waals surface area (Å²) >= 11 is 4.04. The average Bonchev–Trinajstić information content (AvgIpc) is 2.94. The van der Waals surface area contributed by atoms with E-state index in [-0.39, 0.29) is 0 Å². The molecule has 1 unspecified atom stereocenters. The SMILES string of the molecule is NNc1cn2ccnc2c(NCC2CSCCS2)n1. The van der Waals surface area contributed by atoms with Crippen LogP contribution in [0.4, 0.5) is 11.6 Å². The lowest BCUT2D eigenvalue weighted by molar-refractivity contribution is 0.985. The number of thioether (sulfide) groups is 2. The van der Waals surface area contributed by atoms with Crippen molar-refractivity contribution in [3.05, 3.63) is 18.6 Å². The summed E-state index contributed by atoms with van der Waals surface area (Å²) in [5, 5.41) is 4.02. The molecule has 0 amide bonds. The minimum atomic E-state index is 0.624. The van der Waals surface area contributed by atoms with Crippen molar-refractivity contribution >= 4 is 40.8 Å². The number of hydrogen-bond donors (Lipinski definition) is 3. The van der Waals surface area contributed by atoms with Gasteiger partial charge < -0.3 is 15.1 Å². The van der Waals surface area contributed by atoms with Crippen molar-refractivity contribution in [2.24, 2.45) is 5.84 Å². The highest BCUT2D eigenvalue weighted by Crippen LogP contribution is 2.24. The minimum absolute atomic E-state index is 0.624. The van der Waals surface area contributed by atoms with Crippen LogP contribution in [0.5, 0.6) is 0 Å². The maximum Gasteiger partial charge on any atom is 0.180 e. The van der Waals surface area contributed by atoms with Crippen molar-refractivity contribution in [3.63, 3.8) is 0 Å². The Morgan fingerprint density at radius 2 is 2.42 bits per heavy atom. The van der Waals surface area contributed by atoms with E-state index in [1.165, 1.54) is 17.3 Å². The third-order valence-electron chi connectivity index (χ3n) is 2.90. The van der Waals surface area contributed by atoms with Gasteiger partial charge in [0.15, 0.2) is 17.3 Å². The maximum absolute atomic E-state index is 5.44. The van der Waals surface area contributed by atoms with Gasteiger partial charge in [-0.15, -0.1) is 0 Å². The van der Waals surface area contributed by atoms with Crippen LogP contribution in [0.15, 0.2) is 18.6 Å². The number of hydrazine groups is 1. The molecule has 4 N–H and O–H groups in total. The van der Waals surface area contributed by atoms with Crippen LogP contribution >= 0.6 is 23.5 Å². The number of hydrogen-bond acceptors (Lipinski definition) is 7. The zero-order chi connectivity index (χ0) is 13.1. The smallest absolute Gasteiger partial charge is 0.180 e. The minimum Gasteiger partial charge on any atom is -0.366 e. The van der Waals surface area contributed by atoms with E-state index in [4.69, 9.17) is 5.84 Å². The molecular formula is C11H16N6S2. The first kappa shape index (κ1) is 12.9. The number of rotatable bonds is 4. The van der Waals surface area contributed by atoms with Crippen LogP contribution in [0.25, 0.3) is 5.65 Å². The van der Waals surface area contributed by atoms with Crippen molar-refractivity contribution in [1.82, 2.24) is 14.4 Å². The maximum atomic E-state index is 5.44. The molecule has 1 saturated heterocycles. The zero-order valence-electron chi connectivity index (χ0n) is 10.4. The Balaban J connectivity index is 1.77. The first-order valence-corrected chi connectivity index (χ1v) is 8.30. The third-order valence-corrected chi connectivity index (χ3v) is 5.75. The molecule has 0 aliphatic carbocycles. The number of fused-ring (bicyclic) bond motifs is 1. The van der Waals surface area contributed by atoms with Gasteiger partial charge in [0.1, 0.15) is 0 Å². The Hall–Kier alpha value is -1.12. The molecule has 3 heterocycles. The second-order valence-electron chi connectivity index (χ2n) is 4.23. The standard InChI is InChI=1S/C11H16N6S2/c12-16-9-6-17-2-1-13-11(17)10(15-9)14-5-8-7-18-3-4-19-8/h1-2,6,8,16H,3-5,7,12H2,(H,14,15). The predicted octanol–water partition coefficient (Wildman–Crippen LogP) is 1.28. The molecule has 6 nitrogen and oxygen atoms in total. The number of nitrogen functional groups attached to an aromatic ring is 1. The van der Waals surface area contributed by atoms with Gasteiger partial charge in [-0.25, -0.2) is 15.8 Å². The van der Waals surface area contributed by atoms with E-state index in [0.29, 0.717) is 11.1 Å². The molecule has 19 heavy (non-hydrogen) atoms. The molecule has 1 atom stereocenters. The van der Waals surface area contributed by atoms with Crippen molar-refractivity contribution in [1.29, 1.82) is 0 Å². The summed E-state index contributed by atoms with van der Waals surface area (Å²) in [4.78, 5) is 8.74. The predicted molar refractivity (Wildman–Crippen MR) is 82.9 cm³/mol. The van der Waals surface area contributed by atoms with Gasteiger partial charge in [-0.1, -0.05) is 0 Å². The number of nitrogens with two attached hydrogens (primary N) is 1. The van der Waals surface area contributed by atoms with Gasteiger partial charge in [-0.05, 0) is 0 Å². The lowest BCUT2D eigenvalue weighted by atomic mass is 10.4. The fourth-order valence-electron chi connectivity index (χ4n) is 1.98. The summed E-state index contributed by atoms with van der Waals surface area (Å²) < 4.78 is 1.91. The molecule has 102 valence electrons. The Kier molecular flexibility index (Phi) is 4.00. The number of anilines is 2. The van der Waals surface area contributed by atoms with Gasteiger partial charge in [0.25, 0.3) is 0 Å².